The molecule has 2 heteroatoms. The molecule has 1 heterocycles. The van der Waals surface area contributed by atoms with Crippen LogP contribution in [0.3, 0.4) is 0 Å². The van der Waals surface area contributed by atoms with Gasteiger partial charge in [0.15, 0.2) is 0 Å². The predicted octanol–water partition coefficient (Wildman–Crippen LogP) is 4.28. The van der Waals surface area contributed by atoms with Gasteiger partial charge in [0, 0.05) is 18.6 Å². The molecular weight excluding hydrogens is 237 g/mol. The SMILES string of the molecule is CC(C)(C)c1cc(F)c2c(c1)CN(C(C)(C)C)CC2. The quantitative estimate of drug-likeness (QED) is 0.675. The first kappa shape index (κ1) is 14.5. The van der Waals surface area contributed by atoms with Crippen molar-refractivity contribution in [2.75, 3.05) is 6.54 Å². The molecule has 1 nitrogen and oxygen atoms in total. The maximum atomic E-state index is 14.3. The third-order valence-corrected chi connectivity index (χ3v) is 4.10. The van der Waals surface area contributed by atoms with Gasteiger partial charge < -0.3 is 0 Å². The van der Waals surface area contributed by atoms with E-state index in [1.807, 2.05) is 0 Å². The highest BCUT2D eigenvalue weighted by Crippen LogP contribution is 2.31. The van der Waals surface area contributed by atoms with Gasteiger partial charge in [-0.15, -0.1) is 0 Å². The lowest BCUT2D eigenvalue weighted by Gasteiger charge is -2.39. The summed E-state index contributed by atoms with van der Waals surface area (Å²) in [6.45, 7) is 14.9. The monoisotopic (exact) mass is 263 g/mol. The summed E-state index contributed by atoms with van der Waals surface area (Å²) in [4.78, 5) is 2.43. The molecule has 0 atom stereocenters. The Bertz CT molecular complexity index is 477. The fourth-order valence-electron chi connectivity index (χ4n) is 2.65. The number of nitrogens with zero attached hydrogens (tertiary/aromatic N) is 1. The van der Waals surface area contributed by atoms with Gasteiger partial charge in [0.25, 0.3) is 0 Å². The lowest BCUT2D eigenvalue weighted by molar-refractivity contribution is 0.119. The zero-order valence-corrected chi connectivity index (χ0v) is 13.1. The molecule has 0 aliphatic carbocycles. The lowest BCUT2D eigenvalue weighted by atomic mass is 9.83. The van der Waals surface area contributed by atoms with Crippen LogP contribution in [0, 0.1) is 5.82 Å². The predicted molar refractivity (Wildman–Crippen MR) is 79.0 cm³/mol. The molecule has 0 spiro atoms. The fourth-order valence-corrected chi connectivity index (χ4v) is 2.65. The summed E-state index contributed by atoms with van der Waals surface area (Å²) < 4.78 is 14.3. The molecule has 0 bridgehead atoms. The molecule has 106 valence electrons. The number of fused-ring (bicyclic) bond motifs is 1. The summed E-state index contributed by atoms with van der Waals surface area (Å²) in [5.41, 5.74) is 3.34. The van der Waals surface area contributed by atoms with Gasteiger partial charge in [-0.2, -0.15) is 0 Å². The van der Waals surface area contributed by atoms with Crippen LogP contribution in [-0.4, -0.2) is 17.0 Å². The van der Waals surface area contributed by atoms with Crippen LogP contribution in [0.5, 0.6) is 0 Å². The highest BCUT2D eigenvalue weighted by Gasteiger charge is 2.28. The van der Waals surface area contributed by atoms with Gasteiger partial charge in [0.1, 0.15) is 5.82 Å². The topological polar surface area (TPSA) is 3.24 Å². The van der Waals surface area contributed by atoms with Gasteiger partial charge in [-0.25, -0.2) is 4.39 Å². The van der Waals surface area contributed by atoms with Crippen molar-refractivity contribution in [2.45, 2.75) is 65.5 Å². The Morgan fingerprint density at radius 1 is 1.05 bits per heavy atom. The summed E-state index contributed by atoms with van der Waals surface area (Å²) in [5, 5.41) is 0. The van der Waals surface area contributed by atoms with Crippen molar-refractivity contribution in [3.63, 3.8) is 0 Å². The van der Waals surface area contributed by atoms with Crippen molar-refractivity contribution in [2.24, 2.45) is 0 Å². The van der Waals surface area contributed by atoms with Crippen LogP contribution in [0.4, 0.5) is 4.39 Å². The minimum absolute atomic E-state index is 0.000119. The molecule has 0 unspecified atom stereocenters. The second kappa shape index (κ2) is 4.59. The summed E-state index contributed by atoms with van der Waals surface area (Å²) in [6.07, 6.45) is 0.822. The minimum Gasteiger partial charge on any atom is -0.294 e. The lowest BCUT2D eigenvalue weighted by Crippen LogP contribution is -2.44. The van der Waals surface area contributed by atoms with Gasteiger partial charge in [0.05, 0.1) is 0 Å². The van der Waals surface area contributed by atoms with Crippen LogP contribution in [0.2, 0.25) is 0 Å². The standard InChI is InChI=1S/C17H26FN/c1-16(2,3)13-9-12-11-19(17(4,5)6)8-7-14(12)15(18)10-13/h9-10H,7-8,11H2,1-6H3. The number of halogens is 1. The largest absolute Gasteiger partial charge is 0.294 e. The second-order valence-electron chi connectivity index (χ2n) is 7.69. The average Bonchev–Trinajstić information content (AvgIpc) is 2.25. The van der Waals surface area contributed by atoms with Crippen molar-refractivity contribution in [1.82, 2.24) is 4.90 Å². The average molecular weight is 263 g/mol. The first-order valence-electron chi connectivity index (χ1n) is 7.16. The number of hydrogen-bond donors (Lipinski definition) is 0. The van der Waals surface area contributed by atoms with Crippen LogP contribution < -0.4 is 0 Å². The smallest absolute Gasteiger partial charge is 0.127 e. The van der Waals surface area contributed by atoms with Crippen LogP contribution >= 0.6 is 0 Å². The van der Waals surface area contributed by atoms with E-state index in [2.05, 4.69) is 52.5 Å². The van der Waals surface area contributed by atoms with Crippen LogP contribution in [0.15, 0.2) is 12.1 Å². The number of hydrogen-bond acceptors (Lipinski definition) is 1. The molecule has 0 radical (unpaired) electrons. The van der Waals surface area contributed by atoms with Crippen LogP contribution in [0.25, 0.3) is 0 Å². The Hall–Kier alpha value is -0.890. The first-order chi connectivity index (χ1) is 8.59. The number of rotatable bonds is 0. The van der Waals surface area contributed by atoms with Crippen molar-refractivity contribution in [1.29, 1.82) is 0 Å². The van der Waals surface area contributed by atoms with Crippen LogP contribution in [-0.2, 0) is 18.4 Å². The van der Waals surface area contributed by atoms with E-state index in [0.717, 1.165) is 30.6 Å². The maximum Gasteiger partial charge on any atom is 0.127 e. The molecule has 0 aromatic heterocycles. The Morgan fingerprint density at radius 3 is 2.21 bits per heavy atom. The van der Waals surface area contributed by atoms with E-state index in [-0.39, 0.29) is 16.8 Å². The molecule has 0 N–H and O–H groups in total. The summed E-state index contributed by atoms with van der Waals surface area (Å²) in [7, 11) is 0. The zero-order chi connectivity index (χ0) is 14.4. The summed E-state index contributed by atoms with van der Waals surface area (Å²) in [5.74, 6) is -0.0176. The molecule has 1 aromatic carbocycles. The van der Waals surface area contributed by atoms with Gasteiger partial charge in [0.2, 0.25) is 0 Å². The van der Waals surface area contributed by atoms with E-state index in [9.17, 15) is 4.39 Å². The molecule has 19 heavy (non-hydrogen) atoms. The Kier molecular flexibility index (Phi) is 3.51. The Balaban J connectivity index is 2.41. The first-order valence-corrected chi connectivity index (χ1v) is 7.16. The third kappa shape index (κ3) is 3.00. The van der Waals surface area contributed by atoms with Gasteiger partial charge in [-0.1, -0.05) is 26.8 Å². The molecular formula is C17H26FN. The van der Waals surface area contributed by atoms with E-state index in [0.29, 0.717) is 0 Å². The number of benzene rings is 1. The van der Waals surface area contributed by atoms with E-state index in [1.165, 1.54) is 5.56 Å². The Labute approximate surface area is 116 Å². The van der Waals surface area contributed by atoms with E-state index >= 15 is 0 Å². The van der Waals surface area contributed by atoms with Crippen molar-refractivity contribution in [3.8, 4) is 0 Å². The molecule has 0 saturated carbocycles. The van der Waals surface area contributed by atoms with E-state index < -0.39 is 0 Å². The molecule has 0 fully saturated rings. The summed E-state index contributed by atoms with van der Waals surface area (Å²) in [6, 6.07) is 3.93. The normalized spacial score (nSPS) is 17.4. The van der Waals surface area contributed by atoms with Crippen LogP contribution in [0.1, 0.15) is 58.2 Å². The molecule has 1 aliphatic rings. The maximum absolute atomic E-state index is 14.3. The molecule has 1 aromatic rings. The van der Waals surface area contributed by atoms with E-state index in [1.54, 1.807) is 6.07 Å². The van der Waals surface area contributed by atoms with Crippen molar-refractivity contribution in [3.05, 3.63) is 34.6 Å². The molecule has 0 amide bonds. The third-order valence-electron chi connectivity index (χ3n) is 4.10. The highest BCUT2D eigenvalue weighted by atomic mass is 19.1. The second-order valence-corrected chi connectivity index (χ2v) is 7.69. The van der Waals surface area contributed by atoms with Crippen molar-refractivity contribution < 1.29 is 4.39 Å². The van der Waals surface area contributed by atoms with Crippen molar-refractivity contribution >= 4 is 0 Å². The Morgan fingerprint density at radius 2 is 1.68 bits per heavy atom. The summed E-state index contributed by atoms with van der Waals surface area (Å²) >= 11 is 0. The fraction of sp³-hybridized carbons (Fsp3) is 0.647. The van der Waals surface area contributed by atoms with Gasteiger partial charge >= 0.3 is 0 Å². The highest BCUT2D eigenvalue weighted by molar-refractivity contribution is 5.38. The molecule has 1 aliphatic heterocycles. The van der Waals surface area contributed by atoms with Gasteiger partial charge in [-0.05, 0) is 55.4 Å². The molecule has 2 rings (SSSR count). The minimum atomic E-state index is -0.0176. The zero-order valence-electron chi connectivity index (χ0n) is 13.1. The molecule has 0 saturated heterocycles. The van der Waals surface area contributed by atoms with E-state index in [4.69, 9.17) is 0 Å². The van der Waals surface area contributed by atoms with Gasteiger partial charge in [-0.3, -0.25) is 4.90 Å².